The van der Waals surface area contributed by atoms with Crippen LogP contribution in [0, 0.1) is 5.92 Å². The summed E-state index contributed by atoms with van der Waals surface area (Å²) in [6.45, 7) is 1.53. The number of rotatable bonds is 3. The SMILES string of the molecule is O=C1CC(C(=O)N2CCC(Nc3cc(C(F)(F)F)ncn3)CC2)CCN1. The van der Waals surface area contributed by atoms with E-state index in [2.05, 4.69) is 20.6 Å². The van der Waals surface area contributed by atoms with Crippen LogP contribution in [0.4, 0.5) is 19.0 Å². The summed E-state index contributed by atoms with van der Waals surface area (Å²) in [4.78, 5) is 32.7. The van der Waals surface area contributed by atoms with Crippen molar-refractivity contribution in [3.63, 3.8) is 0 Å². The van der Waals surface area contributed by atoms with Gasteiger partial charge >= 0.3 is 6.18 Å². The number of likely N-dealkylation sites (tertiary alicyclic amines) is 1. The molecule has 2 fully saturated rings. The monoisotopic (exact) mass is 371 g/mol. The van der Waals surface area contributed by atoms with Gasteiger partial charge in [0.2, 0.25) is 11.8 Å². The lowest BCUT2D eigenvalue weighted by Crippen LogP contribution is -2.47. The van der Waals surface area contributed by atoms with E-state index < -0.39 is 11.9 Å². The predicted molar refractivity (Wildman–Crippen MR) is 86.0 cm³/mol. The fourth-order valence-corrected chi connectivity index (χ4v) is 3.30. The van der Waals surface area contributed by atoms with Gasteiger partial charge in [-0.2, -0.15) is 13.2 Å². The molecule has 1 atom stereocenters. The number of hydrogen-bond acceptors (Lipinski definition) is 5. The molecule has 1 unspecified atom stereocenters. The highest BCUT2D eigenvalue weighted by atomic mass is 19.4. The van der Waals surface area contributed by atoms with Crippen molar-refractivity contribution in [3.8, 4) is 0 Å². The van der Waals surface area contributed by atoms with Crippen molar-refractivity contribution < 1.29 is 22.8 Å². The Labute approximate surface area is 148 Å². The van der Waals surface area contributed by atoms with Gasteiger partial charge in [0.15, 0.2) is 0 Å². The van der Waals surface area contributed by atoms with Crippen LogP contribution < -0.4 is 10.6 Å². The molecule has 0 radical (unpaired) electrons. The Morgan fingerprint density at radius 2 is 1.96 bits per heavy atom. The second-order valence-corrected chi connectivity index (χ2v) is 6.57. The highest BCUT2D eigenvalue weighted by molar-refractivity contribution is 5.87. The first-order valence-corrected chi connectivity index (χ1v) is 8.54. The van der Waals surface area contributed by atoms with Gasteiger partial charge in [0.05, 0.1) is 0 Å². The van der Waals surface area contributed by atoms with Crippen LogP contribution in [0.15, 0.2) is 12.4 Å². The lowest BCUT2D eigenvalue weighted by molar-refractivity contribution is -0.141. The van der Waals surface area contributed by atoms with Crippen LogP contribution in [0.1, 0.15) is 31.4 Å². The third-order valence-corrected chi connectivity index (χ3v) is 4.71. The lowest BCUT2D eigenvalue weighted by Gasteiger charge is -2.35. The van der Waals surface area contributed by atoms with E-state index in [9.17, 15) is 22.8 Å². The summed E-state index contributed by atoms with van der Waals surface area (Å²) >= 11 is 0. The average molecular weight is 371 g/mol. The number of aromatic nitrogens is 2. The number of amides is 2. The Balaban J connectivity index is 1.52. The van der Waals surface area contributed by atoms with Crippen molar-refractivity contribution >= 4 is 17.6 Å². The molecule has 142 valence electrons. The molecule has 2 N–H and O–H groups in total. The first-order valence-electron chi connectivity index (χ1n) is 8.54. The van der Waals surface area contributed by atoms with Gasteiger partial charge < -0.3 is 15.5 Å². The third-order valence-electron chi connectivity index (χ3n) is 4.71. The zero-order valence-electron chi connectivity index (χ0n) is 14.1. The van der Waals surface area contributed by atoms with Crippen LogP contribution in [0.25, 0.3) is 0 Å². The van der Waals surface area contributed by atoms with Crippen LogP contribution in [-0.4, -0.2) is 52.4 Å². The molecule has 1 aromatic rings. The molecule has 0 spiro atoms. The molecule has 26 heavy (non-hydrogen) atoms. The molecule has 2 aliphatic heterocycles. The summed E-state index contributed by atoms with van der Waals surface area (Å²) in [5, 5.41) is 5.69. The molecule has 10 heteroatoms. The molecule has 7 nitrogen and oxygen atoms in total. The van der Waals surface area contributed by atoms with Gasteiger partial charge in [0, 0.05) is 44.1 Å². The zero-order valence-corrected chi connectivity index (χ0v) is 14.1. The van der Waals surface area contributed by atoms with Crippen LogP contribution in [-0.2, 0) is 15.8 Å². The molecule has 2 aliphatic rings. The van der Waals surface area contributed by atoms with Crippen molar-refractivity contribution in [3.05, 3.63) is 18.1 Å². The fourth-order valence-electron chi connectivity index (χ4n) is 3.30. The van der Waals surface area contributed by atoms with E-state index in [1.807, 2.05) is 0 Å². The highest BCUT2D eigenvalue weighted by Crippen LogP contribution is 2.28. The van der Waals surface area contributed by atoms with E-state index in [0.717, 1.165) is 12.4 Å². The second-order valence-electron chi connectivity index (χ2n) is 6.57. The number of hydrogen-bond donors (Lipinski definition) is 2. The van der Waals surface area contributed by atoms with Crippen LogP contribution in [0.5, 0.6) is 0 Å². The van der Waals surface area contributed by atoms with E-state index in [1.165, 1.54) is 0 Å². The van der Waals surface area contributed by atoms with E-state index >= 15 is 0 Å². The van der Waals surface area contributed by atoms with E-state index in [1.54, 1.807) is 4.90 Å². The van der Waals surface area contributed by atoms with Gasteiger partial charge in [-0.25, -0.2) is 9.97 Å². The minimum Gasteiger partial charge on any atom is -0.367 e. The maximum atomic E-state index is 12.7. The molecule has 2 saturated heterocycles. The summed E-state index contributed by atoms with van der Waals surface area (Å²) in [7, 11) is 0. The maximum Gasteiger partial charge on any atom is 0.433 e. The standard InChI is InChI=1S/C16H20F3N5O2/c17-16(18,19)12-8-13(22-9-21-12)23-11-2-5-24(6-3-11)15(26)10-1-4-20-14(25)7-10/h8-11H,1-7H2,(H,20,25)(H,21,22,23). The summed E-state index contributed by atoms with van der Waals surface area (Å²) in [5.74, 6) is -0.263. The number of alkyl halides is 3. The van der Waals surface area contributed by atoms with Gasteiger partial charge in [-0.15, -0.1) is 0 Å². The normalized spacial score (nSPS) is 22.0. The molecule has 0 saturated carbocycles. The smallest absolute Gasteiger partial charge is 0.367 e. The van der Waals surface area contributed by atoms with Crippen LogP contribution in [0.3, 0.4) is 0 Å². The number of nitrogens with zero attached hydrogens (tertiary/aromatic N) is 3. The molecule has 3 heterocycles. The minimum absolute atomic E-state index is 0.0142. The largest absolute Gasteiger partial charge is 0.433 e. The van der Waals surface area contributed by atoms with Crippen molar-refractivity contribution in [1.29, 1.82) is 0 Å². The van der Waals surface area contributed by atoms with E-state index in [0.29, 0.717) is 38.9 Å². The number of carbonyl (C=O) groups is 2. The highest BCUT2D eigenvalue weighted by Gasteiger charge is 2.34. The Morgan fingerprint density at radius 3 is 2.62 bits per heavy atom. The molecule has 3 rings (SSSR count). The average Bonchev–Trinajstić information content (AvgIpc) is 2.61. The lowest BCUT2D eigenvalue weighted by atomic mass is 9.94. The first kappa shape index (κ1) is 18.4. The maximum absolute atomic E-state index is 12.7. The molecule has 1 aromatic heterocycles. The third kappa shape index (κ3) is 4.41. The Kier molecular flexibility index (Phi) is 5.28. The fraction of sp³-hybridized carbons (Fsp3) is 0.625. The second kappa shape index (κ2) is 7.46. The molecule has 2 amide bonds. The van der Waals surface area contributed by atoms with E-state index in [4.69, 9.17) is 0 Å². The van der Waals surface area contributed by atoms with Crippen molar-refractivity contribution in [1.82, 2.24) is 20.2 Å². The Morgan fingerprint density at radius 1 is 1.23 bits per heavy atom. The summed E-state index contributed by atoms with van der Waals surface area (Å²) < 4.78 is 38.1. The molecular formula is C16H20F3N5O2. The summed E-state index contributed by atoms with van der Waals surface area (Å²) in [6.07, 6.45) is -1.55. The number of nitrogens with one attached hydrogen (secondary N) is 2. The van der Waals surface area contributed by atoms with Crippen molar-refractivity contribution in [2.75, 3.05) is 25.0 Å². The Bertz CT molecular complexity index is 674. The van der Waals surface area contributed by atoms with Gasteiger partial charge in [0.25, 0.3) is 0 Å². The molecule has 0 aromatic carbocycles. The Hall–Kier alpha value is -2.39. The summed E-state index contributed by atoms with van der Waals surface area (Å²) in [5.41, 5.74) is -0.988. The zero-order chi connectivity index (χ0) is 18.7. The number of anilines is 1. The molecular weight excluding hydrogens is 351 g/mol. The van der Waals surface area contributed by atoms with Crippen LogP contribution >= 0.6 is 0 Å². The predicted octanol–water partition coefficient (Wildman–Crippen LogP) is 1.42. The topological polar surface area (TPSA) is 87.2 Å². The van der Waals surface area contributed by atoms with Crippen LogP contribution in [0.2, 0.25) is 0 Å². The number of halogens is 3. The van der Waals surface area contributed by atoms with Crippen molar-refractivity contribution in [2.24, 2.45) is 5.92 Å². The number of piperidine rings is 2. The quantitative estimate of drug-likeness (QED) is 0.839. The van der Waals surface area contributed by atoms with Crippen molar-refractivity contribution in [2.45, 2.75) is 37.9 Å². The van der Waals surface area contributed by atoms with E-state index in [-0.39, 0.29) is 36.0 Å². The van der Waals surface area contributed by atoms with Gasteiger partial charge in [0.1, 0.15) is 17.8 Å². The molecule has 0 bridgehead atoms. The minimum atomic E-state index is -4.51. The number of carbonyl (C=O) groups excluding carboxylic acids is 2. The summed E-state index contributed by atoms with van der Waals surface area (Å²) in [6, 6.07) is 0.822. The van der Waals surface area contributed by atoms with Gasteiger partial charge in [-0.3, -0.25) is 9.59 Å². The van der Waals surface area contributed by atoms with Gasteiger partial charge in [-0.1, -0.05) is 0 Å². The molecule has 0 aliphatic carbocycles. The first-order chi connectivity index (χ1) is 12.3. The van der Waals surface area contributed by atoms with Gasteiger partial charge in [-0.05, 0) is 19.3 Å².